The Kier molecular flexibility index (Phi) is 3.82. The Bertz CT molecular complexity index is 464. The van der Waals surface area contributed by atoms with Crippen LogP contribution in [0.5, 0.6) is 0 Å². The number of aromatic nitrogens is 3. The first kappa shape index (κ1) is 11.7. The Morgan fingerprint density at radius 1 is 1.29 bits per heavy atom. The standard InChI is InChI=1S/C12H15FN4/c1-14-8-2-3-12-9-15-16-17(12)11-6-4-10(13)5-7-11/h4-7,9,14H,2-3,8H2,1H3. The van der Waals surface area contributed by atoms with Crippen LogP contribution in [0.2, 0.25) is 0 Å². The summed E-state index contributed by atoms with van der Waals surface area (Å²) in [6.45, 7) is 0.953. The molecule has 4 nitrogen and oxygen atoms in total. The molecule has 90 valence electrons. The highest BCUT2D eigenvalue weighted by Gasteiger charge is 2.05. The molecule has 0 fully saturated rings. The van der Waals surface area contributed by atoms with Crippen LogP contribution in [-0.2, 0) is 6.42 Å². The fourth-order valence-corrected chi connectivity index (χ4v) is 1.67. The van der Waals surface area contributed by atoms with E-state index in [0.717, 1.165) is 30.8 Å². The minimum absolute atomic E-state index is 0.245. The van der Waals surface area contributed by atoms with Crippen molar-refractivity contribution in [3.05, 3.63) is 42.0 Å². The van der Waals surface area contributed by atoms with Gasteiger partial charge >= 0.3 is 0 Å². The summed E-state index contributed by atoms with van der Waals surface area (Å²) in [5, 5.41) is 11.0. The third-order valence-corrected chi connectivity index (χ3v) is 2.55. The Labute approximate surface area is 99.5 Å². The number of benzene rings is 1. The van der Waals surface area contributed by atoms with Crippen molar-refractivity contribution in [2.75, 3.05) is 13.6 Å². The summed E-state index contributed by atoms with van der Waals surface area (Å²) < 4.78 is 14.6. The maximum absolute atomic E-state index is 12.8. The lowest BCUT2D eigenvalue weighted by Crippen LogP contribution is -2.10. The van der Waals surface area contributed by atoms with Crippen molar-refractivity contribution >= 4 is 0 Å². The van der Waals surface area contributed by atoms with E-state index in [4.69, 9.17) is 0 Å². The van der Waals surface area contributed by atoms with Crippen molar-refractivity contribution in [2.24, 2.45) is 0 Å². The fourth-order valence-electron chi connectivity index (χ4n) is 1.67. The first-order valence-electron chi connectivity index (χ1n) is 5.61. The second-order valence-corrected chi connectivity index (χ2v) is 3.82. The number of hydrogen-bond acceptors (Lipinski definition) is 3. The van der Waals surface area contributed by atoms with Crippen LogP contribution in [0.1, 0.15) is 12.1 Å². The van der Waals surface area contributed by atoms with E-state index < -0.39 is 0 Å². The zero-order chi connectivity index (χ0) is 12.1. The molecule has 0 spiro atoms. The lowest BCUT2D eigenvalue weighted by molar-refractivity contribution is 0.626. The van der Waals surface area contributed by atoms with Crippen LogP contribution in [0, 0.1) is 5.82 Å². The van der Waals surface area contributed by atoms with E-state index in [1.54, 1.807) is 23.0 Å². The van der Waals surface area contributed by atoms with Gasteiger partial charge < -0.3 is 5.32 Å². The van der Waals surface area contributed by atoms with Crippen LogP contribution in [0.25, 0.3) is 5.69 Å². The van der Waals surface area contributed by atoms with E-state index >= 15 is 0 Å². The van der Waals surface area contributed by atoms with Gasteiger partial charge in [0.25, 0.3) is 0 Å². The maximum atomic E-state index is 12.8. The Hall–Kier alpha value is -1.75. The average molecular weight is 234 g/mol. The molecule has 0 aliphatic carbocycles. The van der Waals surface area contributed by atoms with Crippen LogP contribution >= 0.6 is 0 Å². The van der Waals surface area contributed by atoms with Crippen molar-refractivity contribution in [3.63, 3.8) is 0 Å². The summed E-state index contributed by atoms with van der Waals surface area (Å²) >= 11 is 0. The fraction of sp³-hybridized carbons (Fsp3) is 0.333. The van der Waals surface area contributed by atoms with E-state index in [1.807, 2.05) is 7.05 Å². The lowest BCUT2D eigenvalue weighted by Gasteiger charge is -2.05. The van der Waals surface area contributed by atoms with Crippen molar-refractivity contribution < 1.29 is 4.39 Å². The number of nitrogens with zero attached hydrogens (tertiary/aromatic N) is 3. The highest BCUT2D eigenvalue weighted by Crippen LogP contribution is 2.11. The Morgan fingerprint density at radius 3 is 2.76 bits per heavy atom. The zero-order valence-electron chi connectivity index (χ0n) is 9.73. The molecule has 0 unspecified atom stereocenters. The topological polar surface area (TPSA) is 42.7 Å². The van der Waals surface area contributed by atoms with Gasteiger partial charge in [-0.15, -0.1) is 5.10 Å². The summed E-state index contributed by atoms with van der Waals surface area (Å²) in [6, 6.07) is 6.25. The monoisotopic (exact) mass is 234 g/mol. The molecule has 0 bridgehead atoms. The normalized spacial score (nSPS) is 10.7. The van der Waals surface area contributed by atoms with Gasteiger partial charge in [-0.25, -0.2) is 9.07 Å². The number of aryl methyl sites for hydroxylation is 1. The summed E-state index contributed by atoms with van der Waals surface area (Å²) in [5.41, 5.74) is 1.87. The molecule has 0 saturated heterocycles. The molecule has 0 saturated carbocycles. The molecular formula is C12H15FN4. The average Bonchev–Trinajstić information content (AvgIpc) is 2.79. The van der Waals surface area contributed by atoms with Crippen molar-refractivity contribution in [1.29, 1.82) is 0 Å². The van der Waals surface area contributed by atoms with Gasteiger partial charge in [0, 0.05) is 0 Å². The Balaban J connectivity index is 2.15. The predicted octanol–water partition coefficient (Wildman–Crippen LogP) is 1.56. The number of halogens is 1. The van der Waals surface area contributed by atoms with Crippen LogP contribution in [-0.4, -0.2) is 28.6 Å². The molecule has 5 heteroatoms. The number of hydrogen-bond donors (Lipinski definition) is 1. The predicted molar refractivity (Wildman–Crippen MR) is 63.6 cm³/mol. The third-order valence-electron chi connectivity index (χ3n) is 2.55. The first-order valence-corrected chi connectivity index (χ1v) is 5.61. The van der Waals surface area contributed by atoms with Gasteiger partial charge in [0.2, 0.25) is 0 Å². The van der Waals surface area contributed by atoms with E-state index in [1.165, 1.54) is 12.1 Å². The molecule has 0 aliphatic rings. The molecular weight excluding hydrogens is 219 g/mol. The lowest BCUT2D eigenvalue weighted by atomic mass is 10.2. The molecule has 0 aliphatic heterocycles. The molecule has 2 rings (SSSR count). The van der Waals surface area contributed by atoms with Gasteiger partial charge in [0.05, 0.1) is 17.6 Å². The number of nitrogens with one attached hydrogen (secondary N) is 1. The summed E-state index contributed by atoms with van der Waals surface area (Å²) in [6.07, 6.45) is 3.66. The molecule has 1 heterocycles. The summed E-state index contributed by atoms with van der Waals surface area (Å²) in [5.74, 6) is -0.245. The second-order valence-electron chi connectivity index (χ2n) is 3.82. The van der Waals surface area contributed by atoms with Gasteiger partial charge in [-0.05, 0) is 50.7 Å². The van der Waals surface area contributed by atoms with Crippen LogP contribution in [0.4, 0.5) is 4.39 Å². The maximum Gasteiger partial charge on any atom is 0.123 e. The minimum atomic E-state index is -0.245. The summed E-state index contributed by atoms with van der Waals surface area (Å²) in [4.78, 5) is 0. The molecule has 2 aromatic rings. The third kappa shape index (κ3) is 2.88. The highest BCUT2D eigenvalue weighted by molar-refractivity contribution is 5.32. The van der Waals surface area contributed by atoms with Crippen molar-refractivity contribution in [2.45, 2.75) is 12.8 Å². The molecule has 0 radical (unpaired) electrons. The van der Waals surface area contributed by atoms with E-state index in [0.29, 0.717) is 0 Å². The molecule has 1 aromatic carbocycles. The Morgan fingerprint density at radius 2 is 2.06 bits per heavy atom. The molecule has 1 aromatic heterocycles. The SMILES string of the molecule is CNCCCc1cnnn1-c1ccc(F)cc1. The van der Waals surface area contributed by atoms with E-state index in [-0.39, 0.29) is 5.82 Å². The smallest absolute Gasteiger partial charge is 0.123 e. The van der Waals surface area contributed by atoms with Crippen LogP contribution < -0.4 is 5.32 Å². The summed E-state index contributed by atoms with van der Waals surface area (Å²) in [7, 11) is 1.93. The van der Waals surface area contributed by atoms with Gasteiger partial charge in [0.1, 0.15) is 5.82 Å². The van der Waals surface area contributed by atoms with E-state index in [9.17, 15) is 4.39 Å². The highest BCUT2D eigenvalue weighted by atomic mass is 19.1. The largest absolute Gasteiger partial charge is 0.320 e. The van der Waals surface area contributed by atoms with Gasteiger partial charge in [0.15, 0.2) is 0 Å². The second kappa shape index (κ2) is 5.54. The van der Waals surface area contributed by atoms with E-state index in [2.05, 4.69) is 15.6 Å². The van der Waals surface area contributed by atoms with Crippen molar-refractivity contribution in [3.8, 4) is 5.69 Å². The molecule has 1 N–H and O–H groups in total. The zero-order valence-corrected chi connectivity index (χ0v) is 9.73. The van der Waals surface area contributed by atoms with Crippen LogP contribution in [0.3, 0.4) is 0 Å². The van der Waals surface area contributed by atoms with Gasteiger partial charge in [-0.2, -0.15) is 0 Å². The van der Waals surface area contributed by atoms with Gasteiger partial charge in [-0.1, -0.05) is 5.21 Å². The molecule has 0 amide bonds. The minimum Gasteiger partial charge on any atom is -0.320 e. The first-order chi connectivity index (χ1) is 8.31. The van der Waals surface area contributed by atoms with Crippen molar-refractivity contribution in [1.82, 2.24) is 20.3 Å². The molecule has 17 heavy (non-hydrogen) atoms. The number of rotatable bonds is 5. The van der Waals surface area contributed by atoms with Gasteiger partial charge in [-0.3, -0.25) is 0 Å². The quantitative estimate of drug-likeness (QED) is 0.798. The molecule has 0 atom stereocenters. The van der Waals surface area contributed by atoms with Crippen LogP contribution in [0.15, 0.2) is 30.5 Å².